The number of rotatable bonds is 44. The first-order valence-corrected chi connectivity index (χ1v) is 45.0. The molecule has 6 saturated heterocycles. The van der Waals surface area contributed by atoms with E-state index in [9.17, 15) is 53.1 Å². The number of guanidine groups is 4. The molecule has 5 aromatic rings. The van der Waals surface area contributed by atoms with Crippen molar-refractivity contribution in [3.05, 3.63) is 95.1 Å². The van der Waals surface area contributed by atoms with Crippen molar-refractivity contribution < 1.29 is 72.2 Å². The number of aromatic nitrogens is 8. The second kappa shape index (κ2) is 48.1. The minimum absolute atomic E-state index is 0.00332. The van der Waals surface area contributed by atoms with Crippen molar-refractivity contribution in [3.63, 3.8) is 0 Å². The third-order valence-electron chi connectivity index (χ3n) is 24.2. The van der Waals surface area contributed by atoms with Crippen molar-refractivity contribution >= 4 is 124 Å². The van der Waals surface area contributed by atoms with Crippen molar-refractivity contribution in [1.82, 2.24) is 138 Å². The standard InChI is InChI=1S/C82H121N39O16/c83-42-24-59(118(34-42)74(134)53-26-44(30-103-53)106-78(86)87)76(136)120-36-46(108-80(90)91)28-57(120)71(131)101-16-6-3-9-51(113-72(132)58-29-47(109-81(92)93)37-121(58)77(137)60-25-43(84)35-119(60)75(135)54-27-45(31-104-54)107-79(88)89)70(130)112-50(8-2-5-15-100-68(128)56-33-96-18-20-98-56)69(129)111-49(7-1-4-14-99-67(127)55-32-95-17-19-97-55)66(126)102-21-22-116(62(124)39-117-40-105-63-65(117)114-82(94)115-73(63)133)38-61(123)110-52(64(85)125)23-41-10-12-48(122)13-11-41/h10-13,17-20,32-33,40,42-47,49-54,57-60,103-104,122H,1-9,14-16,21-31,34-39,83-84H2,(H2,85,125)(H,99,127)(H,100,128)(H,101,131)(H,102,126)(H,110,123)(H,111,129)(H,112,130)(H,113,132)(H4,86,87,106)(H4,88,89,107)(H4,90,91,108)(H4,92,93,109)(H3,94,114,115,133)/t42-,43-,44-,45-,46-,47-,49+,50+,51+,52+,53-,54-,57-,58-,59-,60-/m1/s1. The number of hydrogen-bond donors (Lipinski definition) is 28. The van der Waals surface area contributed by atoms with Gasteiger partial charge in [0.05, 0.1) is 37.3 Å². The number of likely N-dealkylation sites (tertiary alicyclic amines) is 4. The Hall–Kier alpha value is -15.2. The monoisotopic (exact) mass is 1910 g/mol. The lowest BCUT2D eigenvalue weighted by molar-refractivity contribution is -0.147. The normalized spacial score (nSPS) is 21.9. The quantitative estimate of drug-likeness (QED) is 0.00978. The minimum atomic E-state index is -1.66. The Kier molecular flexibility index (Phi) is 36.0. The van der Waals surface area contributed by atoms with Crippen LogP contribution in [-0.2, 0) is 70.5 Å². The third kappa shape index (κ3) is 28.7. The van der Waals surface area contributed by atoms with E-state index in [1.165, 1.54) is 85.6 Å². The average Bonchev–Trinajstić information content (AvgIpc) is 1.64. The zero-order valence-corrected chi connectivity index (χ0v) is 75.2. The molecule has 16 atom stereocenters. The highest BCUT2D eigenvalue weighted by Gasteiger charge is 2.51. The van der Waals surface area contributed by atoms with Gasteiger partial charge in [0, 0.05) is 139 Å². The summed E-state index contributed by atoms with van der Waals surface area (Å²) < 4.78 is 1.18. The number of carbonyl (C=O) groups is 14. The number of nitrogens with two attached hydrogens (primary N) is 8. The van der Waals surface area contributed by atoms with Gasteiger partial charge in [0.25, 0.3) is 17.4 Å². The Labute approximate surface area is 783 Å². The number of H-pyrrole nitrogens is 1. The molecule has 6 aliphatic rings. The van der Waals surface area contributed by atoms with Gasteiger partial charge < -0.3 is 154 Å². The van der Waals surface area contributed by atoms with Gasteiger partial charge in [-0.15, -0.1) is 0 Å². The third-order valence-corrected chi connectivity index (χ3v) is 24.2. The molecule has 55 heteroatoms. The molecule has 0 spiro atoms. The van der Waals surface area contributed by atoms with E-state index in [0.29, 0.717) is 12.1 Å². The summed E-state index contributed by atoms with van der Waals surface area (Å²) in [5.41, 5.74) is 46.9. The lowest BCUT2D eigenvalue weighted by Crippen LogP contribution is -2.59. The number of primary amides is 1. The highest BCUT2D eigenvalue weighted by molar-refractivity contribution is 5.99. The Bertz CT molecular complexity index is 5290. The molecule has 6 aliphatic heterocycles. The van der Waals surface area contributed by atoms with E-state index in [2.05, 4.69) is 109 Å². The Morgan fingerprint density at radius 2 is 0.956 bits per heavy atom. The van der Waals surface area contributed by atoms with Crippen LogP contribution in [0.15, 0.2) is 72.6 Å². The van der Waals surface area contributed by atoms with E-state index in [1.807, 2.05) is 0 Å². The topological polar surface area (TPSA) is 863 Å². The molecule has 740 valence electrons. The summed E-state index contributed by atoms with van der Waals surface area (Å²) in [6.07, 6.45) is 8.71. The number of imidazole rings is 1. The zero-order valence-electron chi connectivity index (χ0n) is 75.2. The maximum atomic E-state index is 15.7. The number of anilines is 1. The van der Waals surface area contributed by atoms with E-state index < -0.39 is 217 Å². The Balaban J connectivity index is 0.865. The molecule has 0 radical (unpaired) electrons. The van der Waals surface area contributed by atoms with Gasteiger partial charge in [0.1, 0.15) is 72.0 Å². The molecule has 137 heavy (non-hydrogen) atoms. The van der Waals surface area contributed by atoms with Gasteiger partial charge in [-0.05, 0) is 114 Å². The van der Waals surface area contributed by atoms with Crippen molar-refractivity contribution in [2.45, 2.75) is 206 Å². The molecule has 11 rings (SSSR count). The van der Waals surface area contributed by atoms with Gasteiger partial charge in [-0.2, -0.15) is 4.98 Å². The first kappa shape index (κ1) is 102. The second-order valence-corrected chi connectivity index (χ2v) is 34.6. The number of unbranched alkanes of at least 4 members (excludes halogenated alkanes) is 3. The predicted molar refractivity (Wildman–Crippen MR) is 489 cm³/mol. The summed E-state index contributed by atoms with van der Waals surface area (Å²) in [6, 6.07) is -10.8. The van der Waals surface area contributed by atoms with Crippen molar-refractivity contribution in [3.8, 4) is 5.75 Å². The van der Waals surface area contributed by atoms with Crippen LogP contribution < -0.4 is 126 Å². The molecular formula is C82H121N39O16. The number of nitrogens with zero attached hydrogens (tertiary/aromatic N) is 12. The first-order valence-electron chi connectivity index (χ1n) is 45.0. The predicted octanol–water partition coefficient (Wildman–Crippen LogP) is -11.7. The molecule has 0 saturated carbocycles. The maximum absolute atomic E-state index is 15.7. The van der Waals surface area contributed by atoms with Crippen LogP contribution in [0.25, 0.3) is 11.2 Å². The van der Waals surface area contributed by atoms with E-state index >= 15 is 24.0 Å². The van der Waals surface area contributed by atoms with E-state index in [-0.39, 0.29) is 207 Å². The zero-order chi connectivity index (χ0) is 98.8. The highest BCUT2D eigenvalue weighted by Crippen LogP contribution is 2.30. The first-order chi connectivity index (χ1) is 65.4. The highest BCUT2D eigenvalue weighted by atomic mass is 16.3. The van der Waals surface area contributed by atoms with Gasteiger partial charge in [-0.25, -0.2) is 15.0 Å². The van der Waals surface area contributed by atoms with Crippen LogP contribution in [0.1, 0.15) is 123 Å². The summed E-state index contributed by atoms with van der Waals surface area (Å²) in [6.45, 7) is -2.42. The number of benzene rings is 1. The fraction of sp³-hybridized carbons (Fsp3) is 0.549. The van der Waals surface area contributed by atoms with Crippen molar-refractivity contribution in [2.24, 2.45) is 40.1 Å². The summed E-state index contributed by atoms with van der Waals surface area (Å²) in [4.78, 5) is 249. The number of aromatic amines is 1. The number of aromatic hydroxyl groups is 1. The molecule has 4 aromatic heterocycles. The number of phenols is 1. The Morgan fingerprint density at radius 1 is 0.496 bits per heavy atom. The van der Waals surface area contributed by atoms with Crippen molar-refractivity contribution in [2.75, 3.05) is 84.3 Å². The number of hydrogen-bond acceptors (Lipinski definition) is 31. The largest absolute Gasteiger partial charge is 0.508 e. The summed E-state index contributed by atoms with van der Waals surface area (Å²) in [5.74, 6) is -12.6. The number of carbonyl (C=O) groups excluding carboxylic acids is 14. The molecule has 0 aliphatic carbocycles. The summed E-state index contributed by atoms with van der Waals surface area (Å²) in [7, 11) is 0. The molecule has 36 N–H and O–H groups in total. The number of nitrogens with one attached hydrogen (secondary N) is 19. The molecule has 0 unspecified atom stereocenters. The lowest BCUT2D eigenvalue weighted by atomic mass is 10.0. The van der Waals surface area contributed by atoms with Crippen LogP contribution in [0.3, 0.4) is 0 Å². The maximum Gasteiger partial charge on any atom is 0.280 e. The van der Waals surface area contributed by atoms with Gasteiger partial charge >= 0.3 is 0 Å². The molecule has 0 bridgehead atoms. The molecule has 10 heterocycles. The summed E-state index contributed by atoms with van der Waals surface area (Å²) >= 11 is 0. The van der Waals surface area contributed by atoms with Gasteiger partial charge in [-0.3, -0.25) is 109 Å². The van der Waals surface area contributed by atoms with Crippen LogP contribution in [0, 0.1) is 21.6 Å². The molecular weight excluding hydrogens is 1790 g/mol. The van der Waals surface area contributed by atoms with Crippen LogP contribution in [-0.4, -0.2) is 351 Å². The summed E-state index contributed by atoms with van der Waals surface area (Å²) in [5, 5.41) is 81.0. The molecule has 1 aromatic carbocycles. The fourth-order valence-electron chi connectivity index (χ4n) is 17.6. The van der Waals surface area contributed by atoms with Crippen LogP contribution in [0.2, 0.25) is 0 Å². The van der Waals surface area contributed by atoms with Gasteiger partial charge in [-0.1, -0.05) is 12.1 Å². The van der Waals surface area contributed by atoms with Gasteiger partial charge in [0.2, 0.25) is 76.8 Å². The van der Waals surface area contributed by atoms with E-state index in [1.54, 1.807) is 0 Å². The molecule has 14 amide bonds. The smallest absolute Gasteiger partial charge is 0.280 e. The van der Waals surface area contributed by atoms with Crippen LogP contribution >= 0.6 is 0 Å². The second-order valence-electron chi connectivity index (χ2n) is 34.6. The van der Waals surface area contributed by atoms with E-state index in [0.717, 1.165) is 11.2 Å². The van der Waals surface area contributed by atoms with Crippen molar-refractivity contribution in [1.29, 1.82) is 21.6 Å². The van der Waals surface area contributed by atoms with Gasteiger partial charge in [0.15, 0.2) is 35.0 Å². The number of phenolic OH excluding ortho intramolecular Hbond substituents is 1. The number of amides is 14. The number of fused-ring (bicyclic) bond motifs is 1. The number of nitrogen functional groups attached to an aromatic ring is 1. The van der Waals surface area contributed by atoms with Crippen LogP contribution in [0.4, 0.5) is 5.95 Å². The molecule has 55 nitrogen and oxygen atoms in total. The van der Waals surface area contributed by atoms with E-state index in [4.69, 9.17) is 67.5 Å². The SMILES string of the molecule is N=C(N)N[C@@H]1C[C@H](C(=O)NCCCC[C@H](NC(=O)[C@H]2C[C@@H](NC(=N)N)CN2C(=O)[C@H]2C[C@@H](N)CN2C(=O)[C@H]2C[C@@H](NC(=N)N)CN2)C(=O)N[C@@H](CCCCNC(=O)c2cnccn2)C(=O)N[C@@H](CCCCNC(=O)c2cnccn2)C(=O)NCCN(CC(=O)N[C@@H](Cc2ccc(O)cc2)C(N)=O)C(=O)Cn2cnc3c(=O)[nH]c(N)nc32)N(C(=O)[C@H]2C[C@@H](N)CN2C(=O)[C@H]2C[C@@H](NC(=N)N)CN2)C1. The van der Waals surface area contributed by atoms with Crippen LogP contribution in [0.5, 0.6) is 5.75 Å². The fourth-order valence-corrected chi connectivity index (χ4v) is 17.6. The Morgan fingerprint density at radius 3 is 1.43 bits per heavy atom. The minimum Gasteiger partial charge on any atom is -0.508 e. The lowest BCUT2D eigenvalue weighted by Gasteiger charge is -2.32. The average molecular weight is 1910 g/mol. The molecule has 6 fully saturated rings.